The number of rotatable bonds is 3. The molecule has 0 fully saturated rings. The van der Waals surface area contributed by atoms with E-state index in [1.54, 1.807) is 41.0 Å². The monoisotopic (exact) mass is 204 g/mol. The summed E-state index contributed by atoms with van der Waals surface area (Å²) >= 11 is 0. The first-order chi connectivity index (χ1) is 7.24. The van der Waals surface area contributed by atoms with Crippen LogP contribution < -0.4 is 0 Å². The molecule has 2 rings (SSSR count). The van der Waals surface area contributed by atoms with E-state index in [9.17, 15) is 4.79 Å². The Morgan fingerprint density at radius 3 is 2.53 bits per heavy atom. The third-order valence-corrected chi connectivity index (χ3v) is 2.28. The van der Waals surface area contributed by atoms with Crippen molar-refractivity contribution in [3.63, 3.8) is 0 Å². The van der Waals surface area contributed by atoms with Gasteiger partial charge in [0.05, 0.1) is 0 Å². The lowest BCUT2D eigenvalue weighted by Gasteiger charge is -2.03. The number of carbonyl (C=O) groups excluding carboxylic acids is 1. The Balaban J connectivity index is 2.41. The van der Waals surface area contributed by atoms with Gasteiger partial charge in [-0.2, -0.15) is 0 Å². The van der Waals surface area contributed by atoms with E-state index in [1.807, 2.05) is 6.92 Å². The van der Waals surface area contributed by atoms with Gasteiger partial charge < -0.3 is 9.13 Å². The van der Waals surface area contributed by atoms with E-state index in [4.69, 9.17) is 0 Å². The van der Waals surface area contributed by atoms with Crippen molar-refractivity contribution in [2.75, 3.05) is 0 Å². The standard InChI is InChI=1S/C10H12N4O/c1-3-14-7-5-12-10(14)8(15)9-11-4-6-13(9)2/h4-7H,3H2,1-2H3. The Labute approximate surface area is 87.4 Å². The van der Waals surface area contributed by atoms with E-state index < -0.39 is 0 Å². The molecule has 0 radical (unpaired) electrons. The van der Waals surface area contributed by atoms with E-state index in [1.165, 1.54) is 0 Å². The van der Waals surface area contributed by atoms with Crippen LogP contribution in [0.15, 0.2) is 24.8 Å². The molecule has 5 nitrogen and oxygen atoms in total. The molecule has 0 spiro atoms. The lowest BCUT2D eigenvalue weighted by molar-refractivity contribution is 0.101. The lowest BCUT2D eigenvalue weighted by Crippen LogP contribution is -2.14. The van der Waals surface area contributed by atoms with E-state index in [0.717, 1.165) is 6.54 Å². The number of carbonyl (C=O) groups is 1. The molecule has 0 aliphatic rings. The van der Waals surface area contributed by atoms with E-state index in [2.05, 4.69) is 9.97 Å². The van der Waals surface area contributed by atoms with Crippen LogP contribution in [-0.2, 0) is 13.6 Å². The maximum atomic E-state index is 12.0. The van der Waals surface area contributed by atoms with Crippen molar-refractivity contribution in [1.29, 1.82) is 0 Å². The average molecular weight is 204 g/mol. The number of hydrogen-bond donors (Lipinski definition) is 0. The molecular formula is C10H12N4O. The Kier molecular flexibility index (Phi) is 2.37. The highest BCUT2D eigenvalue weighted by Crippen LogP contribution is 2.05. The van der Waals surface area contributed by atoms with Gasteiger partial charge in [-0.3, -0.25) is 4.79 Å². The Hall–Kier alpha value is -1.91. The van der Waals surface area contributed by atoms with Gasteiger partial charge in [-0.25, -0.2) is 9.97 Å². The molecule has 0 atom stereocenters. The molecule has 0 saturated carbocycles. The van der Waals surface area contributed by atoms with Crippen molar-refractivity contribution in [2.24, 2.45) is 7.05 Å². The van der Waals surface area contributed by atoms with E-state index in [0.29, 0.717) is 11.6 Å². The Morgan fingerprint density at radius 2 is 1.93 bits per heavy atom. The second kappa shape index (κ2) is 3.68. The molecule has 78 valence electrons. The fraction of sp³-hybridized carbons (Fsp3) is 0.300. The zero-order valence-corrected chi connectivity index (χ0v) is 8.71. The maximum Gasteiger partial charge on any atom is 0.263 e. The number of imidazole rings is 2. The van der Waals surface area contributed by atoms with Gasteiger partial charge >= 0.3 is 0 Å². The molecule has 5 heteroatoms. The van der Waals surface area contributed by atoms with Crippen molar-refractivity contribution in [1.82, 2.24) is 19.1 Å². The van der Waals surface area contributed by atoms with Crippen LogP contribution >= 0.6 is 0 Å². The summed E-state index contributed by atoms with van der Waals surface area (Å²) in [6, 6.07) is 0. The maximum absolute atomic E-state index is 12.0. The van der Waals surface area contributed by atoms with Crippen LogP contribution in [-0.4, -0.2) is 24.9 Å². The minimum Gasteiger partial charge on any atom is -0.331 e. The first-order valence-electron chi connectivity index (χ1n) is 4.77. The number of nitrogens with zero attached hydrogens (tertiary/aromatic N) is 4. The molecule has 0 saturated heterocycles. The highest BCUT2D eigenvalue weighted by molar-refractivity contribution is 6.04. The van der Waals surface area contributed by atoms with Gasteiger partial charge in [0.2, 0.25) is 0 Å². The van der Waals surface area contributed by atoms with Crippen LogP contribution in [0.4, 0.5) is 0 Å². The molecule has 0 amide bonds. The van der Waals surface area contributed by atoms with E-state index in [-0.39, 0.29) is 5.78 Å². The number of aromatic nitrogens is 4. The summed E-state index contributed by atoms with van der Waals surface area (Å²) in [4.78, 5) is 20.1. The highest BCUT2D eigenvalue weighted by atomic mass is 16.1. The van der Waals surface area contributed by atoms with Crippen LogP contribution in [0, 0.1) is 0 Å². The van der Waals surface area contributed by atoms with Crippen LogP contribution in [0.2, 0.25) is 0 Å². The van der Waals surface area contributed by atoms with Crippen molar-refractivity contribution >= 4 is 5.78 Å². The summed E-state index contributed by atoms with van der Waals surface area (Å²) in [5.74, 6) is 0.706. The molecule has 15 heavy (non-hydrogen) atoms. The summed E-state index contributed by atoms with van der Waals surface area (Å²) in [6.45, 7) is 2.70. The second-order valence-electron chi connectivity index (χ2n) is 3.23. The molecule has 0 bridgehead atoms. The summed E-state index contributed by atoms with van der Waals surface area (Å²) in [5.41, 5.74) is 0. The molecule has 0 N–H and O–H groups in total. The molecule has 0 unspecified atom stereocenters. The van der Waals surface area contributed by atoms with Gasteiger partial charge in [-0.15, -0.1) is 0 Å². The zero-order valence-electron chi connectivity index (χ0n) is 8.71. The Bertz CT molecular complexity index is 483. The first kappa shape index (κ1) is 9.64. The average Bonchev–Trinajstić information content (AvgIpc) is 2.84. The van der Waals surface area contributed by atoms with Crippen LogP contribution in [0.3, 0.4) is 0 Å². The highest BCUT2D eigenvalue weighted by Gasteiger charge is 2.18. The number of hydrogen-bond acceptors (Lipinski definition) is 3. The quantitative estimate of drug-likeness (QED) is 0.697. The fourth-order valence-electron chi connectivity index (χ4n) is 1.46. The minimum atomic E-state index is -0.144. The SMILES string of the molecule is CCn1ccnc1C(=O)c1nccn1C. The minimum absolute atomic E-state index is 0.144. The van der Waals surface area contributed by atoms with Gasteiger partial charge in [0.25, 0.3) is 5.78 Å². The van der Waals surface area contributed by atoms with Crippen molar-refractivity contribution in [3.8, 4) is 0 Å². The zero-order chi connectivity index (χ0) is 10.8. The van der Waals surface area contributed by atoms with Crippen molar-refractivity contribution < 1.29 is 4.79 Å². The molecule has 0 aromatic carbocycles. The van der Waals surface area contributed by atoms with Gasteiger partial charge in [-0.05, 0) is 6.92 Å². The topological polar surface area (TPSA) is 52.7 Å². The Morgan fingerprint density at radius 1 is 1.27 bits per heavy atom. The summed E-state index contributed by atoms with van der Waals surface area (Å²) in [5, 5.41) is 0. The van der Waals surface area contributed by atoms with Crippen LogP contribution in [0.1, 0.15) is 23.4 Å². The normalized spacial score (nSPS) is 10.5. The summed E-state index contributed by atoms with van der Waals surface area (Å²) in [6.07, 6.45) is 6.76. The third kappa shape index (κ3) is 1.56. The lowest BCUT2D eigenvalue weighted by atomic mass is 10.3. The fourth-order valence-corrected chi connectivity index (χ4v) is 1.46. The number of aryl methyl sites for hydroxylation is 2. The molecular weight excluding hydrogens is 192 g/mol. The molecule has 2 aromatic heterocycles. The molecule has 0 aliphatic heterocycles. The summed E-state index contributed by atoms with van der Waals surface area (Å²) in [7, 11) is 1.79. The van der Waals surface area contributed by atoms with E-state index >= 15 is 0 Å². The van der Waals surface area contributed by atoms with Gasteiger partial charge in [0.15, 0.2) is 11.6 Å². The largest absolute Gasteiger partial charge is 0.331 e. The number of ketones is 1. The van der Waals surface area contributed by atoms with Crippen molar-refractivity contribution in [3.05, 3.63) is 36.4 Å². The molecule has 2 aromatic rings. The smallest absolute Gasteiger partial charge is 0.263 e. The van der Waals surface area contributed by atoms with Gasteiger partial charge in [0.1, 0.15) is 0 Å². The van der Waals surface area contributed by atoms with Gasteiger partial charge in [-0.1, -0.05) is 0 Å². The summed E-state index contributed by atoms with van der Waals surface area (Å²) < 4.78 is 3.49. The first-order valence-corrected chi connectivity index (χ1v) is 4.77. The van der Waals surface area contributed by atoms with Crippen LogP contribution in [0.5, 0.6) is 0 Å². The van der Waals surface area contributed by atoms with Crippen LogP contribution in [0.25, 0.3) is 0 Å². The third-order valence-electron chi connectivity index (χ3n) is 2.28. The predicted octanol–water partition coefficient (Wildman–Crippen LogP) is 0.867. The second-order valence-corrected chi connectivity index (χ2v) is 3.23. The predicted molar refractivity (Wildman–Crippen MR) is 54.5 cm³/mol. The molecule has 2 heterocycles. The van der Waals surface area contributed by atoms with Crippen molar-refractivity contribution in [2.45, 2.75) is 13.5 Å². The molecule has 0 aliphatic carbocycles. The van der Waals surface area contributed by atoms with Gasteiger partial charge in [0, 0.05) is 38.4 Å².